The Balaban J connectivity index is 2.16. The van der Waals surface area contributed by atoms with Gasteiger partial charge in [0.1, 0.15) is 0 Å². The molecule has 2 amide bonds. The van der Waals surface area contributed by atoms with Crippen molar-refractivity contribution in [3.63, 3.8) is 0 Å². The fourth-order valence-electron chi connectivity index (χ4n) is 2.95. The van der Waals surface area contributed by atoms with Gasteiger partial charge in [0.2, 0.25) is 27.7 Å². The third-order valence-electron chi connectivity index (χ3n) is 4.42. The van der Waals surface area contributed by atoms with Crippen molar-refractivity contribution < 1.29 is 32.6 Å². The SMILES string of the molecule is CCC1(CS(=O)(=O)NC(=O)Nc2nc(OC)cc(OC)n2)C=CC=CC1C(=O)O. The largest absolute Gasteiger partial charge is 0.481 e. The highest BCUT2D eigenvalue weighted by Crippen LogP contribution is 2.38. The lowest BCUT2D eigenvalue weighted by atomic mass is 9.72. The summed E-state index contributed by atoms with van der Waals surface area (Å²) in [7, 11) is -1.49. The number of anilines is 1. The average molecular weight is 426 g/mol. The van der Waals surface area contributed by atoms with Crippen LogP contribution in [-0.4, -0.2) is 55.5 Å². The van der Waals surface area contributed by atoms with Crippen molar-refractivity contribution in [2.75, 3.05) is 25.3 Å². The molecule has 29 heavy (non-hydrogen) atoms. The summed E-state index contributed by atoms with van der Waals surface area (Å²) in [4.78, 5) is 31.5. The van der Waals surface area contributed by atoms with Crippen molar-refractivity contribution in [1.82, 2.24) is 14.7 Å². The van der Waals surface area contributed by atoms with Crippen molar-refractivity contribution in [2.45, 2.75) is 13.3 Å². The molecule has 12 heteroatoms. The van der Waals surface area contributed by atoms with Crippen LogP contribution >= 0.6 is 0 Å². The van der Waals surface area contributed by atoms with E-state index >= 15 is 0 Å². The summed E-state index contributed by atoms with van der Waals surface area (Å²) in [5.41, 5.74) is -1.19. The van der Waals surface area contributed by atoms with Crippen LogP contribution in [0.25, 0.3) is 0 Å². The Morgan fingerprint density at radius 2 is 1.83 bits per heavy atom. The molecule has 0 fully saturated rings. The van der Waals surface area contributed by atoms with E-state index in [2.05, 4.69) is 15.3 Å². The summed E-state index contributed by atoms with van der Waals surface area (Å²) in [6.07, 6.45) is 6.35. The molecule has 1 aromatic heterocycles. The number of rotatable bonds is 8. The Morgan fingerprint density at radius 3 is 2.34 bits per heavy atom. The topological polar surface area (TPSA) is 157 Å². The minimum Gasteiger partial charge on any atom is -0.481 e. The van der Waals surface area contributed by atoms with Gasteiger partial charge in [-0.05, 0) is 6.42 Å². The number of methoxy groups -OCH3 is 2. The molecule has 1 aliphatic carbocycles. The lowest BCUT2D eigenvalue weighted by Crippen LogP contribution is -2.45. The van der Waals surface area contributed by atoms with Crippen molar-refractivity contribution in [2.24, 2.45) is 11.3 Å². The number of allylic oxidation sites excluding steroid dienone is 3. The van der Waals surface area contributed by atoms with E-state index in [-0.39, 0.29) is 24.1 Å². The maximum atomic E-state index is 12.6. The zero-order valence-corrected chi connectivity index (χ0v) is 16.9. The molecule has 0 radical (unpaired) electrons. The Hall–Kier alpha value is -3.15. The first kappa shape index (κ1) is 22.1. The van der Waals surface area contributed by atoms with Crippen LogP contribution in [0.15, 0.2) is 30.4 Å². The molecule has 1 heterocycles. The van der Waals surface area contributed by atoms with E-state index < -0.39 is 39.1 Å². The number of nitrogens with one attached hydrogen (secondary N) is 2. The van der Waals surface area contributed by atoms with Crippen LogP contribution in [0.3, 0.4) is 0 Å². The van der Waals surface area contributed by atoms with Crippen LogP contribution in [0.4, 0.5) is 10.7 Å². The molecule has 1 aliphatic rings. The third kappa shape index (κ3) is 5.44. The van der Waals surface area contributed by atoms with Crippen LogP contribution in [-0.2, 0) is 14.8 Å². The van der Waals surface area contributed by atoms with Crippen molar-refractivity contribution in [3.8, 4) is 11.8 Å². The first-order chi connectivity index (χ1) is 13.6. The number of amides is 2. The highest BCUT2D eigenvalue weighted by atomic mass is 32.2. The molecule has 0 saturated carbocycles. The first-order valence-electron chi connectivity index (χ1n) is 8.52. The van der Waals surface area contributed by atoms with Gasteiger partial charge < -0.3 is 14.6 Å². The molecule has 0 bridgehead atoms. The average Bonchev–Trinajstić information content (AvgIpc) is 2.66. The minimum absolute atomic E-state index is 0.100. The highest BCUT2D eigenvalue weighted by molar-refractivity contribution is 7.90. The quantitative estimate of drug-likeness (QED) is 0.555. The van der Waals surface area contributed by atoms with Gasteiger partial charge in [-0.25, -0.2) is 17.9 Å². The van der Waals surface area contributed by atoms with E-state index in [9.17, 15) is 23.1 Å². The Labute approximate surface area is 167 Å². The van der Waals surface area contributed by atoms with Gasteiger partial charge in [-0.1, -0.05) is 31.2 Å². The normalized spacial score (nSPS) is 20.7. The maximum Gasteiger partial charge on any atom is 0.335 e. The van der Waals surface area contributed by atoms with Crippen molar-refractivity contribution in [1.29, 1.82) is 0 Å². The van der Waals surface area contributed by atoms with Gasteiger partial charge in [0.25, 0.3) is 0 Å². The molecule has 2 unspecified atom stereocenters. The standard InChI is InChI=1S/C17H22N4O7S/c1-4-17(8-6-5-7-11(17)14(22)23)10-29(25,26)21-16(24)20-15-18-12(27-2)9-13(19-15)28-3/h5-9,11H,4,10H2,1-3H3,(H,22,23)(H2,18,19,20,21,24). The summed E-state index contributed by atoms with van der Waals surface area (Å²) in [5.74, 6) is -2.81. The highest BCUT2D eigenvalue weighted by Gasteiger charge is 2.43. The first-order valence-corrected chi connectivity index (χ1v) is 10.2. The summed E-state index contributed by atoms with van der Waals surface area (Å²) < 4.78 is 36.9. The Bertz CT molecular complexity index is 923. The zero-order chi connectivity index (χ0) is 21.7. The molecule has 2 atom stereocenters. The molecule has 0 aromatic carbocycles. The number of hydrogen-bond acceptors (Lipinski definition) is 8. The molecule has 0 spiro atoms. The molecular weight excluding hydrogens is 404 g/mol. The summed E-state index contributed by atoms with van der Waals surface area (Å²) >= 11 is 0. The van der Waals surface area contributed by atoms with Gasteiger partial charge in [-0.15, -0.1) is 0 Å². The number of ether oxygens (including phenoxy) is 2. The number of aromatic nitrogens is 2. The predicted molar refractivity (Wildman–Crippen MR) is 103 cm³/mol. The van der Waals surface area contributed by atoms with E-state index in [1.54, 1.807) is 25.2 Å². The number of urea groups is 1. The number of carbonyl (C=O) groups excluding carboxylic acids is 1. The summed E-state index contributed by atoms with van der Waals surface area (Å²) in [6.45, 7) is 1.69. The van der Waals surface area contributed by atoms with Crippen molar-refractivity contribution >= 4 is 28.0 Å². The van der Waals surface area contributed by atoms with Crippen LogP contribution in [0.5, 0.6) is 11.8 Å². The van der Waals surface area contributed by atoms with E-state index in [4.69, 9.17) is 9.47 Å². The van der Waals surface area contributed by atoms with Gasteiger partial charge in [0.05, 0.1) is 32.0 Å². The second-order valence-corrected chi connectivity index (χ2v) is 7.96. The molecule has 3 N–H and O–H groups in total. The van der Waals surface area contributed by atoms with Crippen LogP contribution in [0.2, 0.25) is 0 Å². The molecular formula is C17H22N4O7S. The maximum absolute atomic E-state index is 12.6. The van der Waals surface area contributed by atoms with Gasteiger partial charge in [-0.2, -0.15) is 9.97 Å². The number of hydrogen-bond donors (Lipinski definition) is 3. The van der Waals surface area contributed by atoms with Gasteiger partial charge in [0.15, 0.2) is 0 Å². The molecule has 1 aromatic rings. The second kappa shape index (κ2) is 8.90. The summed E-state index contributed by atoms with van der Waals surface area (Å²) in [5, 5.41) is 11.6. The molecule has 0 saturated heterocycles. The van der Waals surface area contributed by atoms with Crippen LogP contribution in [0.1, 0.15) is 13.3 Å². The Morgan fingerprint density at radius 1 is 1.21 bits per heavy atom. The third-order valence-corrected chi connectivity index (χ3v) is 5.83. The molecule has 0 aliphatic heterocycles. The second-order valence-electron chi connectivity index (χ2n) is 6.24. The van der Waals surface area contributed by atoms with E-state index in [0.29, 0.717) is 0 Å². The van der Waals surface area contributed by atoms with Crippen LogP contribution < -0.4 is 19.5 Å². The van der Waals surface area contributed by atoms with Gasteiger partial charge >= 0.3 is 12.0 Å². The number of carboxylic acid groups (broad SMARTS) is 1. The fourth-order valence-corrected chi connectivity index (χ4v) is 4.54. The molecule has 158 valence electrons. The van der Waals surface area contributed by atoms with Crippen LogP contribution in [0, 0.1) is 11.3 Å². The number of aliphatic carboxylic acids is 1. The number of carboxylic acids is 1. The van der Waals surface area contributed by atoms with Gasteiger partial charge in [-0.3, -0.25) is 10.1 Å². The number of sulfonamides is 1. The Kier molecular flexibility index (Phi) is 6.80. The molecule has 2 rings (SSSR count). The lowest BCUT2D eigenvalue weighted by Gasteiger charge is -2.35. The number of nitrogens with zero attached hydrogens (tertiary/aromatic N) is 2. The smallest absolute Gasteiger partial charge is 0.335 e. The lowest BCUT2D eigenvalue weighted by molar-refractivity contribution is -0.142. The van der Waals surface area contributed by atoms with Crippen molar-refractivity contribution in [3.05, 3.63) is 30.4 Å². The van der Waals surface area contributed by atoms with E-state index in [1.165, 1.54) is 26.4 Å². The monoisotopic (exact) mass is 426 g/mol. The summed E-state index contributed by atoms with van der Waals surface area (Å²) in [6, 6.07) is 0.272. The van der Waals surface area contributed by atoms with Gasteiger partial charge in [0, 0.05) is 5.41 Å². The number of carbonyl (C=O) groups is 2. The van der Waals surface area contributed by atoms with E-state index in [1.807, 2.05) is 4.72 Å². The fraction of sp³-hybridized carbons (Fsp3) is 0.412. The minimum atomic E-state index is -4.20. The molecule has 11 nitrogen and oxygen atoms in total. The van der Waals surface area contributed by atoms with E-state index in [0.717, 1.165) is 0 Å². The zero-order valence-electron chi connectivity index (χ0n) is 16.1. The predicted octanol–water partition coefficient (Wildman–Crippen LogP) is 1.17.